The number of hydrogen-bond acceptors (Lipinski definition) is 5. The monoisotopic (exact) mass is 417 g/mol. The van der Waals surface area contributed by atoms with Gasteiger partial charge in [0.1, 0.15) is 0 Å². The van der Waals surface area contributed by atoms with Crippen molar-refractivity contribution in [3.8, 4) is 11.1 Å². The normalized spacial score (nSPS) is 11.6. The maximum Gasteiger partial charge on any atom is 0.338 e. The molecule has 0 bridgehead atoms. The van der Waals surface area contributed by atoms with Crippen molar-refractivity contribution in [2.75, 3.05) is 11.9 Å². The summed E-state index contributed by atoms with van der Waals surface area (Å²) in [4.78, 5) is 29.1. The Hall–Kier alpha value is -3.51. The number of pyridine rings is 1. The number of esters is 1. The number of nitrogens with zero attached hydrogens (tertiary/aromatic N) is 1. The Labute approximate surface area is 182 Å². The zero-order valence-corrected chi connectivity index (χ0v) is 17.8. The van der Waals surface area contributed by atoms with Crippen LogP contribution in [0.25, 0.3) is 11.1 Å². The van der Waals surface area contributed by atoms with Crippen molar-refractivity contribution in [1.82, 2.24) is 4.98 Å². The highest BCUT2D eigenvalue weighted by Crippen LogP contribution is 2.30. The van der Waals surface area contributed by atoms with Crippen LogP contribution in [-0.2, 0) is 4.74 Å². The van der Waals surface area contributed by atoms with Crippen LogP contribution in [0.1, 0.15) is 59.0 Å². The Balaban J connectivity index is 1.92. The van der Waals surface area contributed by atoms with Gasteiger partial charge in [-0.05, 0) is 66.4 Å². The molecule has 160 valence electrons. The van der Waals surface area contributed by atoms with Crippen LogP contribution >= 0.6 is 0 Å². The molecule has 0 aliphatic rings. The lowest BCUT2D eigenvalue weighted by Gasteiger charge is -2.16. The first-order chi connectivity index (χ1) is 15.0. The molecule has 0 spiro atoms. The Bertz CT molecular complexity index is 1050. The van der Waals surface area contributed by atoms with Gasteiger partial charge in [0.2, 0.25) is 0 Å². The van der Waals surface area contributed by atoms with E-state index < -0.39 is 0 Å². The molecule has 1 unspecified atom stereocenters. The fourth-order valence-electron chi connectivity index (χ4n) is 3.19. The number of nitrogens with one attached hydrogen (secondary N) is 1. The van der Waals surface area contributed by atoms with Crippen molar-refractivity contribution in [2.24, 2.45) is 5.73 Å². The van der Waals surface area contributed by atoms with Crippen LogP contribution in [0.15, 0.2) is 67.0 Å². The second-order valence-corrected chi connectivity index (χ2v) is 7.35. The smallest absolute Gasteiger partial charge is 0.338 e. The Kier molecular flexibility index (Phi) is 7.51. The molecule has 3 N–H and O–H groups in total. The number of benzene rings is 2. The summed E-state index contributed by atoms with van der Waals surface area (Å²) in [5.41, 5.74) is 10.3. The third-order valence-electron chi connectivity index (χ3n) is 4.88. The molecule has 1 amide bonds. The van der Waals surface area contributed by atoms with E-state index >= 15 is 0 Å². The van der Waals surface area contributed by atoms with E-state index in [9.17, 15) is 9.59 Å². The molecular formula is C25H27N3O3. The van der Waals surface area contributed by atoms with E-state index in [1.807, 2.05) is 26.0 Å². The summed E-state index contributed by atoms with van der Waals surface area (Å²) in [6.07, 6.45) is 5.02. The van der Waals surface area contributed by atoms with E-state index in [1.165, 1.54) is 0 Å². The van der Waals surface area contributed by atoms with Crippen LogP contribution in [0, 0.1) is 0 Å². The highest BCUT2D eigenvalue weighted by Gasteiger charge is 2.16. The quantitative estimate of drug-likeness (QED) is 0.398. The minimum absolute atomic E-state index is 0.237. The van der Waals surface area contributed by atoms with E-state index in [0.717, 1.165) is 29.5 Å². The zero-order valence-electron chi connectivity index (χ0n) is 17.8. The number of nitrogens with two attached hydrogens (primary N) is 1. The molecular weight excluding hydrogens is 390 g/mol. The van der Waals surface area contributed by atoms with Crippen molar-refractivity contribution in [1.29, 1.82) is 0 Å². The predicted molar refractivity (Wildman–Crippen MR) is 122 cm³/mol. The summed E-state index contributed by atoms with van der Waals surface area (Å²) in [5, 5.41) is 2.86. The summed E-state index contributed by atoms with van der Waals surface area (Å²) in [6.45, 7) is 4.33. The van der Waals surface area contributed by atoms with Gasteiger partial charge in [0, 0.05) is 29.7 Å². The topological polar surface area (TPSA) is 94.3 Å². The molecule has 31 heavy (non-hydrogen) atoms. The van der Waals surface area contributed by atoms with Gasteiger partial charge in [-0.3, -0.25) is 9.78 Å². The lowest BCUT2D eigenvalue weighted by molar-refractivity contribution is 0.0499. The van der Waals surface area contributed by atoms with E-state index in [-0.39, 0.29) is 17.9 Å². The maximum atomic E-state index is 12.8. The van der Waals surface area contributed by atoms with Gasteiger partial charge >= 0.3 is 5.97 Å². The first-order valence-corrected chi connectivity index (χ1v) is 10.4. The molecule has 6 nitrogen and oxygen atoms in total. The maximum absolute atomic E-state index is 12.8. The minimum atomic E-state index is -0.357. The summed E-state index contributed by atoms with van der Waals surface area (Å²) in [5.74, 6) is -0.594. The van der Waals surface area contributed by atoms with Crippen LogP contribution in [0.2, 0.25) is 0 Å². The summed E-state index contributed by atoms with van der Waals surface area (Å²) >= 11 is 0. The first kappa shape index (κ1) is 22.2. The van der Waals surface area contributed by atoms with Crippen LogP contribution in [0.3, 0.4) is 0 Å². The molecule has 0 fully saturated rings. The molecule has 0 aliphatic heterocycles. The second-order valence-electron chi connectivity index (χ2n) is 7.35. The van der Waals surface area contributed by atoms with Crippen LogP contribution in [-0.4, -0.2) is 23.5 Å². The fourth-order valence-corrected chi connectivity index (χ4v) is 3.19. The average molecular weight is 418 g/mol. The van der Waals surface area contributed by atoms with Crippen molar-refractivity contribution in [2.45, 2.75) is 32.7 Å². The number of rotatable bonds is 8. The number of ether oxygens (including phenoxy) is 1. The molecule has 0 saturated heterocycles. The van der Waals surface area contributed by atoms with Crippen molar-refractivity contribution in [3.63, 3.8) is 0 Å². The van der Waals surface area contributed by atoms with Gasteiger partial charge in [-0.1, -0.05) is 31.5 Å². The van der Waals surface area contributed by atoms with Crippen molar-refractivity contribution < 1.29 is 14.3 Å². The number of carbonyl (C=O) groups excluding carboxylic acids is 2. The van der Waals surface area contributed by atoms with Gasteiger partial charge < -0.3 is 15.8 Å². The summed E-state index contributed by atoms with van der Waals surface area (Å²) in [7, 11) is 0. The molecule has 3 aromatic rings. The van der Waals surface area contributed by atoms with Gasteiger partial charge in [-0.2, -0.15) is 0 Å². The minimum Gasteiger partial charge on any atom is -0.462 e. The molecule has 0 saturated carbocycles. The number of unbranched alkanes of at least 4 members (excludes halogenated alkanes) is 1. The summed E-state index contributed by atoms with van der Waals surface area (Å²) < 4.78 is 5.33. The number of aromatic nitrogens is 1. The van der Waals surface area contributed by atoms with Gasteiger partial charge in [0.15, 0.2) is 0 Å². The van der Waals surface area contributed by atoms with Crippen LogP contribution in [0.4, 0.5) is 5.69 Å². The molecule has 0 aliphatic carbocycles. The highest BCUT2D eigenvalue weighted by atomic mass is 16.5. The van der Waals surface area contributed by atoms with E-state index in [2.05, 4.69) is 10.3 Å². The Morgan fingerprint density at radius 3 is 2.55 bits per heavy atom. The number of amides is 1. The average Bonchev–Trinajstić information content (AvgIpc) is 2.79. The Morgan fingerprint density at radius 2 is 1.84 bits per heavy atom. The Morgan fingerprint density at radius 1 is 1.06 bits per heavy atom. The van der Waals surface area contributed by atoms with E-state index in [4.69, 9.17) is 10.5 Å². The fraction of sp³-hybridized carbons (Fsp3) is 0.240. The largest absolute Gasteiger partial charge is 0.462 e. The molecule has 1 aromatic heterocycles. The number of carbonyl (C=O) groups is 2. The summed E-state index contributed by atoms with van der Waals surface area (Å²) in [6, 6.07) is 15.8. The van der Waals surface area contributed by atoms with Gasteiger partial charge in [0.25, 0.3) is 5.91 Å². The highest BCUT2D eigenvalue weighted by molar-refractivity contribution is 6.05. The standard InChI is InChI=1S/C25H27N3O3/c1-3-4-14-31-25(30)20-7-5-6-18(15-20)23-16-19(8-9-22(23)17(2)26)24(29)28-21-10-12-27-13-11-21/h5-13,15-17H,3-4,14,26H2,1-2H3,(H,27,28,29). The molecule has 3 rings (SSSR count). The molecule has 0 radical (unpaired) electrons. The third-order valence-corrected chi connectivity index (χ3v) is 4.88. The SMILES string of the molecule is CCCCOC(=O)c1cccc(-c2cc(C(=O)Nc3ccncc3)ccc2C(C)N)c1. The van der Waals surface area contributed by atoms with Gasteiger partial charge in [-0.25, -0.2) is 4.79 Å². The predicted octanol–water partition coefficient (Wildman–Crippen LogP) is 4.98. The lowest BCUT2D eigenvalue weighted by Crippen LogP contribution is -2.14. The van der Waals surface area contributed by atoms with E-state index in [0.29, 0.717) is 23.4 Å². The lowest BCUT2D eigenvalue weighted by atomic mass is 9.92. The molecule has 6 heteroatoms. The van der Waals surface area contributed by atoms with Gasteiger partial charge in [-0.15, -0.1) is 0 Å². The number of anilines is 1. The zero-order chi connectivity index (χ0) is 22.2. The molecule has 1 heterocycles. The molecule has 1 atom stereocenters. The van der Waals surface area contributed by atoms with Crippen molar-refractivity contribution in [3.05, 3.63) is 83.7 Å². The molecule has 2 aromatic carbocycles. The van der Waals surface area contributed by atoms with Crippen LogP contribution in [0.5, 0.6) is 0 Å². The van der Waals surface area contributed by atoms with Crippen molar-refractivity contribution >= 4 is 17.6 Å². The second kappa shape index (κ2) is 10.5. The number of hydrogen-bond donors (Lipinski definition) is 2. The van der Waals surface area contributed by atoms with Gasteiger partial charge in [0.05, 0.1) is 12.2 Å². The first-order valence-electron chi connectivity index (χ1n) is 10.4. The third kappa shape index (κ3) is 5.77. The van der Waals surface area contributed by atoms with Crippen LogP contribution < -0.4 is 11.1 Å². The van der Waals surface area contributed by atoms with E-state index in [1.54, 1.807) is 54.9 Å².